The predicted molar refractivity (Wildman–Crippen MR) is 211 cm³/mol. The zero-order valence-corrected chi connectivity index (χ0v) is 39.7. The molecule has 61 heavy (non-hydrogen) atoms. The normalized spacial score (nSPS) is 11.2. The van der Waals surface area contributed by atoms with E-state index in [4.69, 9.17) is 11.5 Å². The molecular weight excluding hydrogens is 840 g/mol. The van der Waals surface area contributed by atoms with Gasteiger partial charge in [-0.05, 0) is 114 Å². The molecule has 0 amide bonds. The Balaban J connectivity index is 0.00000331. The van der Waals surface area contributed by atoms with Gasteiger partial charge in [-0.25, -0.2) is 0 Å². The first-order chi connectivity index (χ1) is 27.7. The van der Waals surface area contributed by atoms with Crippen molar-refractivity contribution in [2.75, 3.05) is 40.5 Å². The molecule has 0 atom stereocenters. The molecule has 0 aliphatic carbocycles. The number of nitrogens with one attached hydrogen (secondary N) is 3. The monoisotopic (exact) mass is 869 g/mol. The maximum Gasteiger partial charge on any atom is 1.00 e. The number of aliphatic carboxylic acids is 2. The minimum Gasteiger partial charge on any atom is -0.871 e. The van der Waals surface area contributed by atoms with Gasteiger partial charge in [0.05, 0.1) is 59.2 Å². The van der Waals surface area contributed by atoms with Gasteiger partial charge in [0, 0.05) is 22.7 Å². The third-order valence-corrected chi connectivity index (χ3v) is 8.93. The van der Waals surface area contributed by atoms with Crippen molar-refractivity contribution < 1.29 is 127 Å². The SMILES string of the molecule is Nc1cc(NCC(=O)[O-])ccc1N=Nc1ccc(Nc2ccc(N=Nc3c(S(=O)(=O)O)cc4ccc(N=Nc5ccc(NCC(=O)[O-])cc5N)cc4c3[O-])cc2)cc1.[Na+].[Na+].[Na+]. The first-order valence-corrected chi connectivity index (χ1v) is 18.3. The second kappa shape index (κ2) is 22.8. The Kier molecular flexibility index (Phi) is 18.8. The van der Waals surface area contributed by atoms with Crippen LogP contribution in [-0.4, -0.2) is 38.0 Å². The van der Waals surface area contributed by atoms with Crippen LogP contribution in [0.4, 0.5) is 68.2 Å². The van der Waals surface area contributed by atoms with E-state index in [1.54, 1.807) is 66.7 Å². The van der Waals surface area contributed by atoms with Crippen molar-refractivity contribution in [3.63, 3.8) is 0 Å². The molecule has 8 N–H and O–H groups in total. The van der Waals surface area contributed by atoms with Gasteiger partial charge in [-0.3, -0.25) is 4.55 Å². The Hall–Kier alpha value is -4.97. The van der Waals surface area contributed by atoms with Crippen LogP contribution in [0, 0.1) is 0 Å². The molecule has 0 bridgehead atoms. The van der Waals surface area contributed by atoms with Gasteiger partial charge in [-0.15, -0.1) is 15.3 Å². The number of hydrogen-bond acceptors (Lipinski definition) is 18. The average Bonchev–Trinajstić information content (AvgIpc) is 3.19. The van der Waals surface area contributed by atoms with E-state index in [1.807, 2.05) is 0 Å². The van der Waals surface area contributed by atoms with Crippen LogP contribution in [0.15, 0.2) is 145 Å². The summed E-state index contributed by atoms with van der Waals surface area (Å²) in [6.45, 7) is -0.776. The van der Waals surface area contributed by atoms with Crippen molar-refractivity contribution in [1.82, 2.24) is 0 Å². The molecule has 0 aliphatic heterocycles. The van der Waals surface area contributed by atoms with Gasteiger partial charge in [0.25, 0.3) is 10.1 Å². The van der Waals surface area contributed by atoms with Crippen LogP contribution < -0.4 is 131 Å². The Morgan fingerprint density at radius 3 is 1.44 bits per heavy atom. The summed E-state index contributed by atoms with van der Waals surface area (Å²) in [7, 11) is -4.90. The van der Waals surface area contributed by atoms with Crippen molar-refractivity contribution in [1.29, 1.82) is 0 Å². The summed E-state index contributed by atoms with van der Waals surface area (Å²) >= 11 is 0. The fraction of sp³-hybridized carbons (Fsp3) is 0.0526. The zero-order chi connectivity index (χ0) is 41.4. The molecule has 0 fully saturated rings. The molecule has 6 aromatic rings. The van der Waals surface area contributed by atoms with Gasteiger partial charge >= 0.3 is 88.7 Å². The number of carboxylic acids is 2. The molecule has 0 aromatic heterocycles. The number of fused-ring (bicyclic) bond motifs is 1. The molecule has 6 rings (SSSR count). The second-order valence-corrected chi connectivity index (χ2v) is 13.6. The molecule has 0 radical (unpaired) electrons. The molecule has 0 saturated carbocycles. The van der Waals surface area contributed by atoms with Crippen molar-refractivity contribution in [3.05, 3.63) is 109 Å². The number of azo groups is 3. The summed E-state index contributed by atoms with van der Waals surface area (Å²) < 4.78 is 34.6. The first kappa shape index (κ1) is 50.4. The number of carboxylic acid groups (broad SMARTS) is 2. The number of benzene rings is 6. The molecule has 23 heteroatoms. The average molecular weight is 870 g/mol. The van der Waals surface area contributed by atoms with Crippen molar-refractivity contribution in [3.8, 4) is 5.75 Å². The number of rotatable bonds is 15. The number of nitrogens with two attached hydrogens (primary N) is 2. The molecule has 0 heterocycles. The van der Waals surface area contributed by atoms with E-state index in [0.717, 1.165) is 6.07 Å². The third-order valence-electron chi connectivity index (χ3n) is 8.06. The van der Waals surface area contributed by atoms with E-state index in [1.165, 1.54) is 36.4 Å². The van der Waals surface area contributed by atoms with Crippen molar-refractivity contribution in [2.45, 2.75) is 4.90 Å². The maximum absolute atomic E-state index is 13.6. The summed E-state index contributed by atoms with van der Waals surface area (Å²) in [5.74, 6) is -3.38. The maximum atomic E-state index is 13.6. The largest absolute Gasteiger partial charge is 1.00 e. The number of carbonyl (C=O) groups is 2. The molecule has 0 spiro atoms. The van der Waals surface area contributed by atoms with Gasteiger partial charge in [0.1, 0.15) is 16.3 Å². The van der Waals surface area contributed by atoms with Gasteiger partial charge in [0.2, 0.25) is 0 Å². The molecule has 0 aliphatic rings. The summed E-state index contributed by atoms with van der Waals surface area (Å²) in [6, 6.07) is 28.2. The van der Waals surface area contributed by atoms with E-state index in [9.17, 15) is 37.9 Å². The zero-order valence-electron chi connectivity index (χ0n) is 32.9. The molecule has 19 nitrogen and oxygen atoms in total. The minimum absolute atomic E-state index is 0. The number of anilines is 6. The van der Waals surface area contributed by atoms with Gasteiger partial charge in [-0.2, -0.15) is 23.8 Å². The molecule has 0 saturated heterocycles. The number of hydrogen-bond donors (Lipinski definition) is 6. The second-order valence-electron chi connectivity index (χ2n) is 12.3. The number of nitrogens with zero attached hydrogens (tertiary/aromatic N) is 6. The van der Waals surface area contributed by atoms with Gasteiger partial charge in [-0.1, -0.05) is 11.8 Å². The topological polar surface area (TPSA) is 320 Å². The minimum atomic E-state index is -4.90. The summed E-state index contributed by atoms with van der Waals surface area (Å²) in [5, 5.41) is 68.2. The Bertz CT molecular complexity index is 2740. The summed E-state index contributed by atoms with van der Waals surface area (Å²) in [4.78, 5) is 20.6. The van der Waals surface area contributed by atoms with Crippen molar-refractivity contribution in [2.24, 2.45) is 30.7 Å². The first-order valence-electron chi connectivity index (χ1n) is 16.9. The predicted octanol–water partition coefficient (Wildman–Crippen LogP) is -3.35. The van der Waals surface area contributed by atoms with E-state index >= 15 is 0 Å². The fourth-order valence-electron chi connectivity index (χ4n) is 5.25. The van der Waals surface area contributed by atoms with E-state index in [0.29, 0.717) is 39.8 Å². The molecule has 294 valence electrons. The quantitative estimate of drug-likeness (QED) is 0.0255. The number of carbonyl (C=O) groups excluding carboxylic acids is 2. The molecule has 6 aromatic carbocycles. The van der Waals surface area contributed by atoms with Crippen LogP contribution in [0.3, 0.4) is 0 Å². The van der Waals surface area contributed by atoms with Crippen LogP contribution in [-0.2, 0) is 19.7 Å². The van der Waals surface area contributed by atoms with Crippen LogP contribution in [0.2, 0.25) is 0 Å². The Morgan fingerprint density at radius 2 is 1.00 bits per heavy atom. The van der Waals surface area contributed by atoms with Gasteiger partial charge in [0.15, 0.2) is 0 Å². The fourth-order valence-corrected chi connectivity index (χ4v) is 5.90. The van der Waals surface area contributed by atoms with Crippen LogP contribution in [0.1, 0.15) is 0 Å². The molecule has 0 unspecified atom stereocenters. The van der Waals surface area contributed by atoms with E-state index < -0.39 is 44.9 Å². The van der Waals surface area contributed by atoms with E-state index in [-0.39, 0.29) is 129 Å². The standard InChI is InChI=1S/C38H33N11O8S.3Na/c39-30-17-26(41-19-35(50)51)11-13-32(30)47-44-24-7-3-22(4-8-24)43-23-5-9-25(10-6-23)45-49-37-34(58(55,56)57)15-21-1-2-28(16-29(21)38(37)54)46-48-33-14-12-27(18-31(33)40)42-20-36(52)53;;;/h1-18,41-43,54H,19-20,39-40H2,(H,50,51)(H,52,53)(H,55,56,57);;;/q;3*+1/p-3. The van der Waals surface area contributed by atoms with Crippen LogP contribution >= 0.6 is 0 Å². The Morgan fingerprint density at radius 1 is 0.574 bits per heavy atom. The van der Waals surface area contributed by atoms with Crippen molar-refractivity contribution >= 4 is 101 Å². The van der Waals surface area contributed by atoms with E-state index in [2.05, 4.69) is 46.6 Å². The Labute approximate surface area is 414 Å². The van der Waals surface area contributed by atoms with Gasteiger partial charge < -0.3 is 52.3 Å². The smallest absolute Gasteiger partial charge is 0.871 e. The number of nitrogen functional groups attached to an aromatic ring is 2. The molecular formula is C38H30N11Na3O8S. The van der Waals surface area contributed by atoms with Crippen LogP contribution in [0.5, 0.6) is 5.75 Å². The summed E-state index contributed by atoms with van der Waals surface area (Å²) in [5.41, 5.74) is 15.9. The third kappa shape index (κ3) is 14.0. The summed E-state index contributed by atoms with van der Waals surface area (Å²) in [6.07, 6.45) is 0. The van der Waals surface area contributed by atoms with Crippen LogP contribution in [0.25, 0.3) is 10.8 Å².